The molecule has 31 heavy (non-hydrogen) atoms. The highest BCUT2D eigenvalue weighted by Gasteiger charge is 2.34. The van der Waals surface area contributed by atoms with Crippen molar-refractivity contribution in [3.05, 3.63) is 88.9 Å². The molecule has 3 aromatic rings. The zero-order valence-electron chi connectivity index (χ0n) is 17.2. The molecule has 0 bridgehead atoms. The van der Waals surface area contributed by atoms with Crippen LogP contribution in [0.3, 0.4) is 0 Å². The summed E-state index contributed by atoms with van der Waals surface area (Å²) >= 11 is 7.70. The second-order valence-corrected chi connectivity index (χ2v) is 8.87. The van der Waals surface area contributed by atoms with E-state index in [9.17, 15) is 9.59 Å². The summed E-state index contributed by atoms with van der Waals surface area (Å²) in [7, 11) is 3.97. The van der Waals surface area contributed by atoms with E-state index in [2.05, 4.69) is 5.32 Å². The molecule has 1 fully saturated rings. The minimum Gasteiger partial charge on any atom is -0.378 e. The Hall–Kier alpha value is -2.96. The highest BCUT2D eigenvalue weighted by atomic mass is 35.5. The third-order valence-corrected chi connectivity index (χ3v) is 6.63. The Kier molecular flexibility index (Phi) is 6.20. The first-order valence-electron chi connectivity index (χ1n) is 9.81. The molecule has 7 heteroatoms. The number of amides is 2. The van der Waals surface area contributed by atoms with Gasteiger partial charge in [-0.25, -0.2) is 0 Å². The SMILES string of the molecule is CN(C)c1ccc(N2C(=O)CSC2c2ccc(NC(=O)c3ccccc3Cl)cc2)cc1. The maximum atomic E-state index is 12.6. The minimum absolute atomic E-state index is 0.0868. The molecule has 1 aliphatic rings. The third kappa shape index (κ3) is 4.55. The summed E-state index contributed by atoms with van der Waals surface area (Å²) < 4.78 is 0. The van der Waals surface area contributed by atoms with E-state index in [0.717, 1.165) is 16.9 Å². The Morgan fingerprint density at radius 2 is 1.71 bits per heavy atom. The third-order valence-electron chi connectivity index (χ3n) is 5.08. The summed E-state index contributed by atoms with van der Waals surface area (Å²) in [5.74, 6) is 0.264. The fraction of sp³-hybridized carbons (Fsp3) is 0.167. The number of carbonyl (C=O) groups excluding carboxylic acids is 2. The number of nitrogens with one attached hydrogen (secondary N) is 1. The van der Waals surface area contributed by atoms with E-state index in [1.165, 1.54) is 0 Å². The highest BCUT2D eigenvalue weighted by Crippen LogP contribution is 2.42. The molecule has 4 rings (SSSR count). The number of nitrogens with zero attached hydrogens (tertiary/aromatic N) is 2. The van der Waals surface area contributed by atoms with Crippen molar-refractivity contribution < 1.29 is 9.59 Å². The van der Waals surface area contributed by atoms with E-state index in [0.29, 0.717) is 22.0 Å². The zero-order chi connectivity index (χ0) is 22.0. The Morgan fingerprint density at radius 3 is 2.35 bits per heavy atom. The van der Waals surface area contributed by atoms with E-state index in [1.807, 2.05) is 72.4 Å². The number of thioether (sulfide) groups is 1. The van der Waals surface area contributed by atoms with Crippen molar-refractivity contribution in [1.82, 2.24) is 0 Å². The Bertz CT molecular complexity index is 1100. The van der Waals surface area contributed by atoms with Crippen molar-refractivity contribution in [1.29, 1.82) is 0 Å². The van der Waals surface area contributed by atoms with Gasteiger partial charge in [0.1, 0.15) is 5.37 Å². The van der Waals surface area contributed by atoms with Crippen LogP contribution in [0.15, 0.2) is 72.8 Å². The van der Waals surface area contributed by atoms with Crippen molar-refractivity contribution in [3.63, 3.8) is 0 Å². The maximum absolute atomic E-state index is 12.6. The molecule has 0 radical (unpaired) electrons. The summed E-state index contributed by atoms with van der Waals surface area (Å²) in [4.78, 5) is 28.9. The molecule has 1 unspecified atom stereocenters. The monoisotopic (exact) mass is 451 g/mol. The molecule has 0 spiro atoms. The quantitative estimate of drug-likeness (QED) is 0.561. The van der Waals surface area contributed by atoms with Crippen LogP contribution in [0.5, 0.6) is 0 Å². The second kappa shape index (κ2) is 9.04. The van der Waals surface area contributed by atoms with Crippen LogP contribution >= 0.6 is 23.4 Å². The zero-order valence-corrected chi connectivity index (χ0v) is 18.8. The van der Waals surface area contributed by atoms with Crippen LogP contribution in [0, 0.1) is 0 Å². The first kappa shape index (κ1) is 21.3. The fourth-order valence-corrected chi connectivity index (χ4v) is 4.84. The first-order valence-corrected chi connectivity index (χ1v) is 11.2. The van der Waals surface area contributed by atoms with Gasteiger partial charge in [0.15, 0.2) is 0 Å². The standard InChI is InChI=1S/C24H22ClN3O2S/c1-27(2)18-11-13-19(14-12-18)28-22(29)15-31-24(28)16-7-9-17(10-8-16)26-23(30)20-5-3-4-6-21(20)25/h3-14,24H,15H2,1-2H3,(H,26,30). The number of carbonyl (C=O) groups is 2. The van der Waals surface area contributed by atoms with Crippen LogP contribution in [0.2, 0.25) is 5.02 Å². The van der Waals surface area contributed by atoms with Crippen molar-refractivity contribution in [2.75, 3.05) is 35.0 Å². The van der Waals surface area contributed by atoms with Gasteiger partial charge in [0.25, 0.3) is 5.91 Å². The van der Waals surface area contributed by atoms with Gasteiger partial charge >= 0.3 is 0 Å². The Labute approximate surface area is 191 Å². The van der Waals surface area contributed by atoms with Crippen molar-refractivity contribution in [2.45, 2.75) is 5.37 Å². The van der Waals surface area contributed by atoms with Gasteiger partial charge in [-0.05, 0) is 54.1 Å². The van der Waals surface area contributed by atoms with Gasteiger partial charge < -0.3 is 10.2 Å². The van der Waals surface area contributed by atoms with E-state index in [1.54, 1.807) is 36.0 Å². The molecular weight excluding hydrogens is 430 g/mol. The van der Waals surface area contributed by atoms with Gasteiger partial charge in [-0.1, -0.05) is 35.9 Å². The Morgan fingerprint density at radius 1 is 1.03 bits per heavy atom. The van der Waals surface area contributed by atoms with Crippen LogP contribution in [0.1, 0.15) is 21.3 Å². The lowest BCUT2D eigenvalue weighted by Crippen LogP contribution is -2.27. The van der Waals surface area contributed by atoms with Crippen molar-refractivity contribution in [3.8, 4) is 0 Å². The van der Waals surface area contributed by atoms with Crippen LogP contribution < -0.4 is 15.1 Å². The predicted octanol–water partition coefficient (Wildman–Crippen LogP) is 5.44. The average molecular weight is 452 g/mol. The van der Waals surface area contributed by atoms with E-state index < -0.39 is 0 Å². The molecular formula is C24H22ClN3O2S. The van der Waals surface area contributed by atoms with E-state index in [-0.39, 0.29) is 17.2 Å². The number of halogens is 1. The van der Waals surface area contributed by atoms with Crippen LogP contribution in [-0.4, -0.2) is 31.7 Å². The largest absolute Gasteiger partial charge is 0.378 e. The lowest BCUT2D eigenvalue weighted by atomic mass is 10.1. The van der Waals surface area contributed by atoms with Gasteiger partial charge in [0.2, 0.25) is 5.91 Å². The lowest BCUT2D eigenvalue weighted by molar-refractivity contribution is -0.115. The van der Waals surface area contributed by atoms with Gasteiger partial charge in [-0.2, -0.15) is 0 Å². The lowest BCUT2D eigenvalue weighted by Gasteiger charge is -2.25. The van der Waals surface area contributed by atoms with Gasteiger partial charge in [0, 0.05) is 31.2 Å². The maximum Gasteiger partial charge on any atom is 0.257 e. The number of hydrogen-bond acceptors (Lipinski definition) is 4. The average Bonchev–Trinajstić information content (AvgIpc) is 3.16. The molecule has 0 aliphatic carbocycles. The highest BCUT2D eigenvalue weighted by molar-refractivity contribution is 8.00. The number of anilines is 3. The first-order chi connectivity index (χ1) is 14.9. The summed E-state index contributed by atoms with van der Waals surface area (Å²) in [5.41, 5.74) is 4.06. The van der Waals surface area contributed by atoms with Gasteiger partial charge in [-0.15, -0.1) is 11.8 Å². The molecule has 0 saturated carbocycles. The topological polar surface area (TPSA) is 52.6 Å². The van der Waals surface area contributed by atoms with Gasteiger partial charge in [0.05, 0.1) is 16.3 Å². The molecule has 1 heterocycles. The summed E-state index contributed by atoms with van der Waals surface area (Å²) in [6.45, 7) is 0. The molecule has 158 valence electrons. The summed E-state index contributed by atoms with van der Waals surface area (Å²) in [5, 5.41) is 3.17. The molecule has 1 aliphatic heterocycles. The molecule has 0 aromatic heterocycles. The minimum atomic E-state index is -0.258. The number of benzene rings is 3. The van der Waals surface area contributed by atoms with Crippen LogP contribution in [-0.2, 0) is 4.79 Å². The number of rotatable bonds is 5. The Balaban J connectivity index is 1.51. The fourth-order valence-electron chi connectivity index (χ4n) is 3.44. The normalized spacial score (nSPS) is 15.8. The summed E-state index contributed by atoms with van der Waals surface area (Å²) in [6, 6.07) is 22.5. The van der Waals surface area contributed by atoms with E-state index in [4.69, 9.17) is 11.6 Å². The molecule has 1 N–H and O–H groups in total. The smallest absolute Gasteiger partial charge is 0.257 e. The van der Waals surface area contributed by atoms with Crippen LogP contribution in [0.25, 0.3) is 0 Å². The molecule has 1 atom stereocenters. The molecule has 3 aromatic carbocycles. The van der Waals surface area contributed by atoms with Crippen molar-refractivity contribution >= 4 is 52.2 Å². The molecule has 2 amide bonds. The second-order valence-electron chi connectivity index (χ2n) is 7.39. The van der Waals surface area contributed by atoms with E-state index >= 15 is 0 Å². The number of hydrogen-bond donors (Lipinski definition) is 1. The molecule has 5 nitrogen and oxygen atoms in total. The predicted molar refractivity (Wildman–Crippen MR) is 129 cm³/mol. The summed E-state index contributed by atoms with van der Waals surface area (Å²) in [6.07, 6.45) is 0. The van der Waals surface area contributed by atoms with Crippen LogP contribution in [0.4, 0.5) is 17.1 Å². The molecule has 1 saturated heterocycles. The van der Waals surface area contributed by atoms with Crippen molar-refractivity contribution in [2.24, 2.45) is 0 Å². The van der Waals surface area contributed by atoms with Gasteiger partial charge in [-0.3, -0.25) is 14.5 Å².